The lowest BCUT2D eigenvalue weighted by Crippen LogP contribution is -2.31. The third kappa shape index (κ3) is 2.68. The first-order valence-electron chi connectivity index (χ1n) is 8.42. The summed E-state index contributed by atoms with van der Waals surface area (Å²) in [5, 5.41) is 9.38. The van der Waals surface area contributed by atoms with Gasteiger partial charge < -0.3 is 10.0 Å². The van der Waals surface area contributed by atoms with Crippen molar-refractivity contribution in [2.75, 3.05) is 13.1 Å². The predicted molar refractivity (Wildman–Crippen MR) is 81.1 cm³/mol. The van der Waals surface area contributed by atoms with Crippen LogP contribution in [0.1, 0.15) is 30.7 Å². The molecular formula is C18H19F2NO3. The van der Waals surface area contributed by atoms with Gasteiger partial charge in [0.15, 0.2) is 0 Å². The number of carbonyl (C=O) groups is 2. The van der Waals surface area contributed by atoms with Crippen molar-refractivity contribution in [2.24, 2.45) is 23.7 Å². The Labute approximate surface area is 138 Å². The number of carboxylic acids is 1. The zero-order valence-electron chi connectivity index (χ0n) is 13.1. The fourth-order valence-corrected chi connectivity index (χ4v) is 4.12. The molecule has 0 aromatic heterocycles. The van der Waals surface area contributed by atoms with Gasteiger partial charge in [0.1, 0.15) is 11.6 Å². The molecule has 1 N–H and O–H groups in total. The minimum atomic E-state index is -0.834. The quantitative estimate of drug-likeness (QED) is 0.920. The van der Waals surface area contributed by atoms with Gasteiger partial charge in [-0.15, -0.1) is 0 Å². The van der Waals surface area contributed by atoms with Gasteiger partial charge in [0.2, 0.25) is 5.91 Å². The topological polar surface area (TPSA) is 57.6 Å². The fourth-order valence-electron chi connectivity index (χ4n) is 4.12. The molecular weight excluding hydrogens is 316 g/mol. The molecule has 6 heteroatoms. The van der Waals surface area contributed by atoms with Crippen LogP contribution in [0.3, 0.4) is 0 Å². The van der Waals surface area contributed by atoms with Gasteiger partial charge in [0.05, 0.1) is 5.92 Å². The molecule has 1 aliphatic heterocycles. The second kappa shape index (κ2) is 5.53. The van der Waals surface area contributed by atoms with E-state index in [4.69, 9.17) is 0 Å². The van der Waals surface area contributed by atoms with Crippen molar-refractivity contribution in [3.8, 4) is 0 Å². The number of halogens is 2. The maximum Gasteiger partial charge on any atom is 0.308 e. The van der Waals surface area contributed by atoms with Crippen LogP contribution < -0.4 is 0 Å². The molecule has 2 unspecified atom stereocenters. The molecule has 2 saturated carbocycles. The monoisotopic (exact) mass is 335 g/mol. The number of carbonyl (C=O) groups excluding carboxylic acids is 1. The zero-order valence-corrected chi connectivity index (χ0v) is 13.1. The highest BCUT2D eigenvalue weighted by molar-refractivity contribution is 5.84. The van der Waals surface area contributed by atoms with Crippen molar-refractivity contribution in [3.63, 3.8) is 0 Å². The minimum Gasteiger partial charge on any atom is -0.481 e. The van der Waals surface area contributed by atoms with E-state index >= 15 is 0 Å². The summed E-state index contributed by atoms with van der Waals surface area (Å²) in [5.41, 5.74) is 0.377. The highest BCUT2D eigenvalue weighted by Gasteiger charge is 2.52. The van der Waals surface area contributed by atoms with Crippen LogP contribution in [0.4, 0.5) is 8.78 Å². The number of rotatable bonds is 4. The molecule has 24 heavy (non-hydrogen) atoms. The Balaban J connectivity index is 1.45. The zero-order chi connectivity index (χ0) is 17.0. The summed E-state index contributed by atoms with van der Waals surface area (Å²) < 4.78 is 26.9. The first kappa shape index (κ1) is 15.5. The molecule has 3 aliphatic rings. The van der Waals surface area contributed by atoms with Gasteiger partial charge in [-0.25, -0.2) is 8.78 Å². The molecule has 4 rings (SSSR count). The molecule has 3 fully saturated rings. The number of carboxylic acid groups (broad SMARTS) is 1. The summed E-state index contributed by atoms with van der Waals surface area (Å²) in [4.78, 5) is 25.7. The summed E-state index contributed by atoms with van der Waals surface area (Å²) in [6, 6.07) is 3.45. The van der Waals surface area contributed by atoms with Crippen LogP contribution in [0.2, 0.25) is 0 Å². The SMILES string of the molecule is O=C(O)[C@H]1CN(C(=O)C2CC2c2ccc(F)cc2F)C[C@@H]1C1CC1. The van der Waals surface area contributed by atoms with Gasteiger partial charge in [-0.2, -0.15) is 0 Å². The fraction of sp³-hybridized carbons (Fsp3) is 0.556. The van der Waals surface area contributed by atoms with Crippen molar-refractivity contribution in [3.05, 3.63) is 35.4 Å². The number of aliphatic carboxylic acids is 1. The number of likely N-dealkylation sites (tertiary alicyclic amines) is 1. The largest absolute Gasteiger partial charge is 0.481 e. The van der Waals surface area contributed by atoms with Crippen molar-refractivity contribution < 1.29 is 23.5 Å². The second-order valence-corrected chi connectivity index (χ2v) is 7.30. The first-order chi connectivity index (χ1) is 11.5. The lowest BCUT2D eigenvalue weighted by Gasteiger charge is -2.16. The van der Waals surface area contributed by atoms with E-state index in [0.29, 0.717) is 24.4 Å². The average molecular weight is 335 g/mol. The van der Waals surface area contributed by atoms with Crippen LogP contribution in [0, 0.1) is 35.3 Å². The number of hydrogen-bond acceptors (Lipinski definition) is 2. The summed E-state index contributed by atoms with van der Waals surface area (Å²) in [7, 11) is 0. The summed E-state index contributed by atoms with van der Waals surface area (Å²) in [6.07, 6.45) is 2.64. The maximum absolute atomic E-state index is 13.9. The van der Waals surface area contributed by atoms with Gasteiger partial charge in [0, 0.05) is 25.1 Å². The molecule has 0 spiro atoms. The molecule has 1 aromatic rings. The lowest BCUT2D eigenvalue weighted by atomic mass is 9.92. The van der Waals surface area contributed by atoms with Crippen LogP contribution in [-0.2, 0) is 9.59 Å². The van der Waals surface area contributed by atoms with Gasteiger partial charge in [-0.3, -0.25) is 9.59 Å². The van der Waals surface area contributed by atoms with E-state index in [1.807, 2.05) is 0 Å². The van der Waals surface area contributed by atoms with Crippen LogP contribution in [0.25, 0.3) is 0 Å². The molecule has 0 radical (unpaired) electrons. The summed E-state index contributed by atoms with van der Waals surface area (Å²) in [5.74, 6) is -2.70. The van der Waals surface area contributed by atoms with Crippen molar-refractivity contribution >= 4 is 11.9 Å². The van der Waals surface area contributed by atoms with Crippen LogP contribution in [0.15, 0.2) is 18.2 Å². The molecule has 2 aliphatic carbocycles. The van der Waals surface area contributed by atoms with E-state index in [-0.39, 0.29) is 30.2 Å². The summed E-state index contributed by atoms with van der Waals surface area (Å²) in [6.45, 7) is 0.750. The lowest BCUT2D eigenvalue weighted by molar-refractivity contribution is -0.142. The van der Waals surface area contributed by atoms with E-state index in [9.17, 15) is 23.5 Å². The van der Waals surface area contributed by atoms with E-state index in [0.717, 1.165) is 18.9 Å². The van der Waals surface area contributed by atoms with Crippen LogP contribution >= 0.6 is 0 Å². The minimum absolute atomic E-state index is 0.0474. The van der Waals surface area contributed by atoms with Gasteiger partial charge in [0.25, 0.3) is 0 Å². The van der Waals surface area contributed by atoms with Crippen molar-refractivity contribution in [2.45, 2.75) is 25.2 Å². The molecule has 1 saturated heterocycles. The van der Waals surface area contributed by atoms with E-state index < -0.39 is 23.5 Å². The highest BCUT2D eigenvalue weighted by atomic mass is 19.1. The molecule has 0 bridgehead atoms. The van der Waals surface area contributed by atoms with Gasteiger partial charge >= 0.3 is 5.97 Å². The smallest absolute Gasteiger partial charge is 0.308 e. The third-order valence-corrected chi connectivity index (χ3v) is 5.69. The number of amides is 1. The maximum atomic E-state index is 13.9. The Morgan fingerprint density at radius 2 is 1.88 bits per heavy atom. The molecule has 4 nitrogen and oxygen atoms in total. The second-order valence-electron chi connectivity index (χ2n) is 7.30. The van der Waals surface area contributed by atoms with Crippen LogP contribution in [-0.4, -0.2) is 35.0 Å². The number of hydrogen-bond donors (Lipinski definition) is 1. The van der Waals surface area contributed by atoms with Crippen LogP contribution in [0.5, 0.6) is 0 Å². The Hall–Kier alpha value is -1.98. The van der Waals surface area contributed by atoms with Gasteiger partial charge in [-0.05, 0) is 48.6 Å². The highest BCUT2D eigenvalue weighted by Crippen LogP contribution is 2.51. The van der Waals surface area contributed by atoms with E-state index in [1.54, 1.807) is 4.90 Å². The average Bonchev–Trinajstić information content (AvgIpc) is 3.44. The standard InChI is InChI=1S/C18H19F2NO3/c19-10-3-4-11(16(20)5-10)12-6-13(12)17(22)21-7-14(9-1-2-9)15(8-21)18(23)24/h3-5,9,12-15H,1-2,6-8H2,(H,23,24)/t12?,13?,14-,15+/m1/s1. The first-order valence-corrected chi connectivity index (χ1v) is 8.42. The Bertz CT molecular complexity index is 704. The Kier molecular flexibility index (Phi) is 3.58. The predicted octanol–water partition coefficient (Wildman–Crippen LogP) is 2.64. The molecule has 128 valence electrons. The van der Waals surface area contributed by atoms with Crippen molar-refractivity contribution in [1.82, 2.24) is 4.90 Å². The Morgan fingerprint density at radius 1 is 1.12 bits per heavy atom. The molecule has 1 aromatic carbocycles. The summed E-state index contributed by atoms with van der Waals surface area (Å²) >= 11 is 0. The number of benzene rings is 1. The number of nitrogens with zero attached hydrogens (tertiary/aromatic N) is 1. The van der Waals surface area contributed by atoms with Crippen molar-refractivity contribution in [1.29, 1.82) is 0 Å². The third-order valence-electron chi connectivity index (χ3n) is 5.69. The van der Waals surface area contributed by atoms with Gasteiger partial charge in [-0.1, -0.05) is 6.07 Å². The molecule has 1 amide bonds. The molecule has 4 atom stereocenters. The van der Waals surface area contributed by atoms with E-state index in [1.165, 1.54) is 12.1 Å². The van der Waals surface area contributed by atoms with E-state index in [2.05, 4.69) is 0 Å². The molecule has 1 heterocycles. The Morgan fingerprint density at radius 3 is 2.50 bits per heavy atom. The normalized spacial score (nSPS) is 32.0.